The van der Waals surface area contributed by atoms with Crippen LogP contribution in [0.25, 0.3) is 0 Å². The van der Waals surface area contributed by atoms with Crippen molar-refractivity contribution in [3.05, 3.63) is 35.4 Å². The second-order valence-corrected chi connectivity index (χ2v) is 4.73. The molecule has 1 aromatic carbocycles. The van der Waals surface area contributed by atoms with E-state index in [9.17, 15) is 13.2 Å². The van der Waals surface area contributed by atoms with Gasteiger partial charge in [0.15, 0.2) is 0 Å². The van der Waals surface area contributed by atoms with E-state index in [2.05, 4.69) is 5.32 Å². The van der Waals surface area contributed by atoms with E-state index in [1.54, 1.807) is 6.07 Å². The average molecular weight is 289 g/mol. The minimum atomic E-state index is -4.30. The predicted molar refractivity (Wildman–Crippen MR) is 73.7 cm³/mol. The van der Waals surface area contributed by atoms with Gasteiger partial charge in [-0.3, -0.25) is 0 Å². The van der Waals surface area contributed by atoms with Crippen LogP contribution in [-0.2, 0) is 17.3 Å². The van der Waals surface area contributed by atoms with Gasteiger partial charge < -0.3 is 10.1 Å². The summed E-state index contributed by atoms with van der Waals surface area (Å²) in [6, 6.07) is 5.48. The molecule has 0 fully saturated rings. The third kappa shape index (κ3) is 5.13. The van der Waals surface area contributed by atoms with Gasteiger partial charge in [-0.05, 0) is 38.4 Å². The molecule has 5 heteroatoms. The van der Waals surface area contributed by atoms with Gasteiger partial charge in [-0.25, -0.2) is 0 Å². The van der Waals surface area contributed by atoms with Crippen LogP contribution in [0.1, 0.15) is 31.9 Å². The Morgan fingerprint density at radius 2 is 1.95 bits per heavy atom. The van der Waals surface area contributed by atoms with Crippen molar-refractivity contribution >= 4 is 0 Å². The summed E-state index contributed by atoms with van der Waals surface area (Å²) in [7, 11) is 0. The smallest absolute Gasteiger partial charge is 0.377 e. The molecule has 0 aliphatic rings. The molecule has 1 rings (SSSR count). The molecule has 1 N–H and O–H groups in total. The van der Waals surface area contributed by atoms with Gasteiger partial charge in [0, 0.05) is 12.6 Å². The summed E-state index contributed by atoms with van der Waals surface area (Å²) in [6.07, 6.45) is -3.83. The summed E-state index contributed by atoms with van der Waals surface area (Å²) >= 11 is 0. The number of alkyl halides is 3. The Bertz CT molecular complexity index is 406. The molecular formula is C15H22F3NO. The van der Waals surface area contributed by atoms with E-state index >= 15 is 0 Å². The van der Waals surface area contributed by atoms with Crippen molar-refractivity contribution in [2.24, 2.45) is 0 Å². The lowest BCUT2D eigenvalue weighted by atomic mass is 10.00. The minimum Gasteiger partial charge on any atom is -0.377 e. The molecule has 0 amide bonds. The lowest BCUT2D eigenvalue weighted by Gasteiger charge is -2.25. The zero-order valence-electron chi connectivity index (χ0n) is 12.1. The number of rotatable bonds is 7. The van der Waals surface area contributed by atoms with Crippen LogP contribution in [0.15, 0.2) is 24.3 Å². The minimum absolute atomic E-state index is 0.00318. The van der Waals surface area contributed by atoms with Gasteiger partial charge in [0.2, 0.25) is 0 Å². The maximum atomic E-state index is 12.7. The molecule has 0 bridgehead atoms. The molecule has 2 atom stereocenters. The largest absolute Gasteiger partial charge is 0.416 e. The molecule has 20 heavy (non-hydrogen) atoms. The van der Waals surface area contributed by atoms with Crippen molar-refractivity contribution in [2.45, 2.75) is 45.5 Å². The van der Waals surface area contributed by atoms with Crippen LogP contribution in [0.5, 0.6) is 0 Å². The van der Waals surface area contributed by atoms with E-state index in [1.165, 1.54) is 12.1 Å². The van der Waals surface area contributed by atoms with E-state index in [0.29, 0.717) is 18.6 Å². The van der Waals surface area contributed by atoms with Crippen LogP contribution in [-0.4, -0.2) is 25.3 Å². The molecule has 1 aromatic rings. The number of hydrogen-bond donors (Lipinski definition) is 1. The topological polar surface area (TPSA) is 21.3 Å². The highest BCUT2D eigenvalue weighted by molar-refractivity contribution is 5.26. The van der Waals surface area contributed by atoms with Crippen molar-refractivity contribution in [2.75, 3.05) is 13.2 Å². The molecule has 114 valence electrons. The van der Waals surface area contributed by atoms with Gasteiger partial charge in [0.1, 0.15) is 0 Å². The van der Waals surface area contributed by atoms with Crippen molar-refractivity contribution in [1.29, 1.82) is 0 Å². The fraction of sp³-hybridized carbons (Fsp3) is 0.600. The maximum absolute atomic E-state index is 12.7. The third-order valence-electron chi connectivity index (χ3n) is 3.17. The monoisotopic (exact) mass is 289 g/mol. The summed E-state index contributed by atoms with van der Waals surface area (Å²) < 4.78 is 43.6. The van der Waals surface area contributed by atoms with E-state index in [4.69, 9.17) is 4.74 Å². The highest BCUT2D eigenvalue weighted by Gasteiger charge is 2.30. The van der Waals surface area contributed by atoms with Gasteiger partial charge >= 0.3 is 6.18 Å². The summed E-state index contributed by atoms with van der Waals surface area (Å²) in [5, 5.41) is 3.27. The van der Waals surface area contributed by atoms with Crippen LogP contribution in [0.2, 0.25) is 0 Å². The van der Waals surface area contributed by atoms with Gasteiger partial charge in [0.05, 0.1) is 11.7 Å². The molecule has 0 aliphatic carbocycles. The Labute approximate surface area is 118 Å². The molecule has 0 heterocycles. The second-order valence-electron chi connectivity index (χ2n) is 4.73. The molecule has 0 aromatic heterocycles. The van der Waals surface area contributed by atoms with Gasteiger partial charge in [-0.15, -0.1) is 0 Å². The third-order valence-corrected chi connectivity index (χ3v) is 3.17. The van der Waals surface area contributed by atoms with Gasteiger partial charge in [-0.2, -0.15) is 13.2 Å². The first-order valence-corrected chi connectivity index (χ1v) is 6.89. The van der Waals surface area contributed by atoms with E-state index < -0.39 is 11.7 Å². The van der Waals surface area contributed by atoms with Crippen LogP contribution in [0.3, 0.4) is 0 Å². The van der Waals surface area contributed by atoms with Gasteiger partial charge in [0.25, 0.3) is 0 Å². The molecule has 2 unspecified atom stereocenters. The van der Waals surface area contributed by atoms with E-state index in [-0.39, 0.29) is 12.1 Å². The summed E-state index contributed by atoms with van der Waals surface area (Å²) in [4.78, 5) is 0. The Morgan fingerprint density at radius 1 is 1.25 bits per heavy atom. The van der Waals surface area contributed by atoms with Crippen LogP contribution >= 0.6 is 0 Å². The van der Waals surface area contributed by atoms with Gasteiger partial charge in [-0.1, -0.05) is 25.1 Å². The Balaban J connectivity index is 2.83. The fourth-order valence-corrected chi connectivity index (χ4v) is 2.17. The summed E-state index contributed by atoms with van der Waals surface area (Å²) in [5.41, 5.74) is 0.0617. The van der Waals surface area contributed by atoms with Crippen LogP contribution in [0, 0.1) is 0 Å². The predicted octanol–water partition coefficient (Wildman–Crippen LogP) is 3.65. The summed E-state index contributed by atoms with van der Waals surface area (Å²) in [5.74, 6) is 0. The second kappa shape index (κ2) is 7.64. The molecule has 0 radical (unpaired) electrons. The molecule has 2 nitrogen and oxygen atoms in total. The summed E-state index contributed by atoms with van der Waals surface area (Å²) in [6.45, 7) is 7.15. The lowest BCUT2D eigenvalue weighted by Crippen LogP contribution is -2.41. The number of ether oxygens (including phenoxy) is 1. The quantitative estimate of drug-likeness (QED) is 0.827. The standard InChI is InChI=1S/C15H22F3NO/c1-4-19-14(11(3)20-5-2)10-12-7-6-8-13(9-12)15(16,17)18/h6-9,11,14,19H,4-5,10H2,1-3H3. The van der Waals surface area contributed by atoms with Crippen molar-refractivity contribution in [3.8, 4) is 0 Å². The number of halogens is 3. The first-order chi connectivity index (χ1) is 9.38. The number of nitrogens with one attached hydrogen (secondary N) is 1. The zero-order valence-corrected chi connectivity index (χ0v) is 12.1. The highest BCUT2D eigenvalue weighted by Crippen LogP contribution is 2.29. The zero-order chi connectivity index (χ0) is 15.2. The van der Waals surface area contributed by atoms with Crippen LogP contribution < -0.4 is 5.32 Å². The number of benzene rings is 1. The number of hydrogen-bond acceptors (Lipinski definition) is 2. The molecular weight excluding hydrogens is 267 g/mol. The fourth-order valence-electron chi connectivity index (χ4n) is 2.17. The van der Waals surface area contributed by atoms with Crippen LogP contribution in [0.4, 0.5) is 13.2 Å². The number of likely N-dealkylation sites (N-methyl/N-ethyl adjacent to an activating group) is 1. The first kappa shape index (κ1) is 17.0. The SMILES string of the molecule is CCNC(Cc1cccc(C(F)(F)F)c1)C(C)OCC. The molecule has 0 aliphatic heterocycles. The van der Waals surface area contributed by atoms with E-state index in [0.717, 1.165) is 12.6 Å². The Kier molecular flexibility index (Phi) is 6.49. The van der Waals surface area contributed by atoms with E-state index in [1.807, 2.05) is 20.8 Å². The molecule has 0 spiro atoms. The Hall–Kier alpha value is -1.07. The normalized spacial score (nSPS) is 15.1. The highest BCUT2D eigenvalue weighted by atomic mass is 19.4. The first-order valence-electron chi connectivity index (χ1n) is 6.89. The Morgan fingerprint density at radius 3 is 2.50 bits per heavy atom. The molecule has 0 saturated heterocycles. The van der Waals surface area contributed by atoms with Crippen molar-refractivity contribution in [3.63, 3.8) is 0 Å². The lowest BCUT2D eigenvalue weighted by molar-refractivity contribution is -0.137. The van der Waals surface area contributed by atoms with Crippen molar-refractivity contribution < 1.29 is 17.9 Å². The van der Waals surface area contributed by atoms with Crippen molar-refractivity contribution in [1.82, 2.24) is 5.32 Å². The average Bonchev–Trinajstić information content (AvgIpc) is 2.38. The maximum Gasteiger partial charge on any atom is 0.416 e. The molecule has 0 saturated carbocycles.